The number of β-lactam (4-membered cyclic amide) rings is 1. The van der Waals surface area contributed by atoms with Crippen molar-refractivity contribution < 1.29 is 24.2 Å². The number of amides is 1. The van der Waals surface area contributed by atoms with Gasteiger partial charge in [-0.2, -0.15) is 0 Å². The minimum Gasteiger partial charge on any atom is -0.476 e. The summed E-state index contributed by atoms with van der Waals surface area (Å²) in [5.41, 5.74) is -0.196. The predicted molar refractivity (Wildman–Crippen MR) is 41.7 cm³/mol. The predicted octanol–water partition coefficient (Wildman–Crippen LogP) is -0.540. The Kier molecular flexibility index (Phi) is 1.77. The number of carbonyl (C=O) groups excluding carboxylic acids is 2. The van der Waals surface area contributed by atoms with Crippen LogP contribution in [0.2, 0.25) is 0 Å². The lowest BCUT2D eigenvalue weighted by atomic mass is 10.1. The van der Waals surface area contributed by atoms with E-state index in [1.165, 1.54) is 0 Å². The fraction of sp³-hybridized carbons (Fsp3) is 0.375. The lowest BCUT2D eigenvalue weighted by Gasteiger charge is -2.32. The van der Waals surface area contributed by atoms with Crippen molar-refractivity contribution in [3.8, 4) is 0 Å². The van der Waals surface area contributed by atoms with Gasteiger partial charge in [0.2, 0.25) is 5.91 Å². The molecule has 6 heteroatoms. The number of aliphatic carboxylic acids is 1. The fourth-order valence-corrected chi connectivity index (χ4v) is 1.55. The van der Waals surface area contributed by atoms with Gasteiger partial charge in [0, 0.05) is 0 Å². The molecule has 1 N–H and O–H groups in total. The van der Waals surface area contributed by atoms with Crippen LogP contribution in [0.25, 0.3) is 0 Å². The maximum absolute atomic E-state index is 11.0. The summed E-state index contributed by atoms with van der Waals surface area (Å²) in [5, 5.41) is 8.80. The van der Waals surface area contributed by atoms with E-state index in [-0.39, 0.29) is 30.2 Å². The van der Waals surface area contributed by atoms with E-state index in [2.05, 4.69) is 0 Å². The first kappa shape index (κ1) is 8.74. The summed E-state index contributed by atoms with van der Waals surface area (Å²) >= 11 is 0. The van der Waals surface area contributed by atoms with E-state index >= 15 is 0 Å². The second-order valence-electron chi connectivity index (χ2n) is 2.99. The third kappa shape index (κ3) is 1.00. The third-order valence-corrected chi connectivity index (χ3v) is 2.16. The Morgan fingerprint density at radius 2 is 2.43 bits per heavy atom. The highest BCUT2D eigenvalue weighted by Gasteiger charge is 2.49. The van der Waals surface area contributed by atoms with Gasteiger partial charge in [-0.1, -0.05) is 0 Å². The molecule has 1 atom stereocenters. The summed E-state index contributed by atoms with van der Waals surface area (Å²) in [6, 6.07) is 0. The van der Waals surface area contributed by atoms with Gasteiger partial charge in [0.1, 0.15) is 12.0 Å². The van der Waals surface area contributed by atoms with Gasteiger partial charge >= 0.3 is 5.97 Å². The zero-order valence-electron chi connectivity index (χ0n) is 7.10. The number of ether oxygens (including phenoxy) is 1. The Bertz CT molecular complexity index is 359. The highest BCUT2D eigenvalue weighted by atomic mass is 16.5. The molecule has 1 unspecified atom stereocenters. The number of carboxylic acid groups (broad SMARTS) is 1. The molecule has 0 saturated carbocycles. The number of nitrogens with zero attached hydrogens (tertiary/aromatic N) is 1. The number of allylic oxidation sites excluding steroid dienone is 1. The summed E-state index contributed by atoms with van der Waals surface area (Å²) in [7, 11) is 0. The number of hydrogen-bond donors (Lipinski definition) is 1. The van der Waals surface area contributed by atoms with Gasteiger partial charge in [0.25, 0.3) is 0 Å². The zero-order chi connectivity index (χ0) is 10.3. The van der Waals surface area contributed by atoms with Crippen LogP contribution in [0.4, 0.5) is 0 Å². The van der Waals surface area contributed by atoms with Crippen LogP contribution in [-0.4, -0.2) is 34.4 Å². The summed E-state index contributed by atoms with van der Waals surface area (Å²) in [6.07, 6.45) is 0.110. The number of rotatable bonds is 3. The van der Waals surface area contributed by atoms with E-state index in [0.717, 1.165) is 4.90 Å². The molecule has 1 fully saturated rings. The Labute approximate surface area is 78.7 Å². The molecule has 14 heavy (non-hydrogen) atoms. The topological polar surface area (TPSA) is 83.9 Å². The molecule has 0 bridgehead atoms. The number of carbonyl (C=O) groups is 3. The smallest absolute Gasteiger partial charge is 0.356 e. The van der Waals surface area contributed by atoms with Crippen molar-refractivity contribution in [2.24, 2.45) is 0 Å². The molecular weight excluding hydrogens is 190 g/mol. The molecule has 2 aliphatic rings. The Morgan fingerprint density at radius 1 is 1.71 bits per heavy atom. The van der Waals surface area contributed by atoms with E-state index in [4.69, 9.17) is 9.84 Å². The van der Waals surface area contributed by atoms with Crippen LogP contribution in [0.15, 0.2) is 11.5 Å². The molecule has 0 aromatic heterocycles. The van der Waals surface area contributed by atoms with Crippen molar-refractivity contribution in [2.45, 2.75) is 19.1 Å². The first-order valence-electron chi connectivity index (χ1n) is 4.04. The summed E-state index contributed by atoms with van der Waals surface area (Å²) < 4.78 is 5.12. The zero-order valence-corrected chi connectivity index (χ0v) is 7.10. The van der Waals surface area contributed by atoms with E-state index in [9.17, 15) is 14.4 Å². The molecule has 0 spiro atoms. The monoisotopic (exact) mass is 197 g/mol. The quantitative estimate of drug-likeness (QED) is 0.485. The minimum absolute atomic E-state index is 0.0725. The van der Waals surface area contributed by atoms with Crippen molar-refractivity contribution in [1.82, 2.24) is 4.90 Å². The van der Waals surface area contributed by atoms with Gasteiger partial charge in [-0.25, -0.2) is 4.79 Å². The van der Waals surface area contributed by atoms with E-state index in [1.807, 2.05) is 0 Å². The van der Waals surface area contributed by atoms with Gasteiger partial charge in [-0.15, -0.1) is 0 Å². The summed E-state index contributed by atoms with van der Waals surface area (Å²) in [4.78, 5) is 33.1. The van der Waals surface area contributed by atoms with Gasteiger partial charge in [-0.05, 0) is 0 Å². The number of fused-ring (bicyclic) bond motifs is 1. The highest BCUT2D eigenvalue weighted by Crippen LogP contribution is 2.36. The SMILES string of the molecule is O=CCC1=C(C(=O)O)N2C(=O)CC2O1. The maximum atomic E-state index is 11.0. The molecule has 6 nitrogen and oxygen atoms in total. The van der Waals surface area contributed by atoms with Crippen molar-refractivity contribution in [2.75, 3.05) is 0 Å². The first-order chi connectivity index (χ1) is 6.65. The van der Waals surface area contributed by atoms with Crippen LogP contribution in [0.3, 0.4) is 0 Å². The molecular formula is C8H7NO5. The van der Waals surface area contributed by atoms with Crippen molar-refractivity contribution in [1.29, 1.82) is 0 Å². The molecule has 0 aliphatic carbocycles. The average Bonchev–Trinajstić information content (AvgIpc) is 2.39. The summed E-state index contributed by atoms with van der Waals surface area (Å²) in [5.74, 6) is -1.45. The molecule has 1 saturated heterocycles. The Morgan fingerprint density at radius 3 is 2.93 bits per heavy atom. The van der Waals surface area contributed by atoms with E-state index < -0.39 is 12.2 Å². The molecule has 2 heterocycles. The Hall–Kier alpha value is -1.85. The van der Waals surface area contributed by atoms with Gasteiger partial charge in [0.15, 0.2) is 11.9 Å². The van der Waals surface area contributed by atoms with Crippen molar-refractivity contribution >= 4 is 18.2 Å². The van der Waals surface area contributed by atoms with Crippen LogP contribution in [0.1, 0.15) is 12.8 Å². The number of carboxylic acids is 1. The maximum Gasteiger partial charge on any atom is 0.356 e. The first-order valence-corrected chi connectivity index (χ1v) is 4.04. The van der Waals surface area contributed by atoms with Crippen LogP contribution in [0, 0.1) is 0 Å². The molecule has 0 radical (unpaired) electrons. The van der Waals surface area contributed by atoms with Crippen LogP contribution in [-0.2, 0) is 19.1 Å². The molecule has 2 rings (SSSR count). The average molecular weight is 197 g/mol. The fourth-order valence-electron chi connectivity index (χ4n) is 1.55. The second kappa shape index (κ2) is 2.83. The standard InChI is InChI=1S/C8H7NO5/c10-2-1-4-7(8(12)13)9-5(11)3-6(9)14-4/h2,6H,1,3H2,(H,12,13). The lowest BCUT2D eigenvalue weighted by Crippen LogP contribution is -2.50. The number of aldehydes is 1. The van der Waals surface area contributed by atoms with Crippen LogP contribution in [0.5, 0.6) is 0 Å². The van der Waals surface area contributed by atoms with Crippen molar-refractivity contribution in [3.63, 3.8) is 0 Å². The van der Waals surface area contributed by atoms with Gasteiger partial charge in [-0.3, -0.25) is 9.69 Å². The highest BCUT2D eigenvalue weighted by molar-refractivity contribution is 5.97. The second-order valence-corrected chi connectivity index (χ2v) is 2.99. The van der Waals surface area contributed by atoms with Gasteiger partial charge in [0.05, 0.1) is 12.8 Å². The van der Waals surface area contributed by atoms with Crippen molar-refractivity contribution in [3.05, 3.63) is 11.5 Å². The third-order valence-electron chi connectivity index (χ3n) is 2.16. The van der Waals surface area contributed by atoms with E-state index in [1.54, 1.807) is 0 Å². The lowest BCUT2D eigenvalue weighted by molar-refractivity contribution is -0.158. The Balaban J connectivity index is 2.32. The van der Waals surface area contributed by atoms with Gasteiger partial charge < -0.3 is 14.6 Å². The molecule has 0 aromatic carbocycles. The molecule has 74 valence electrons. The molecule has 0 aromatic rings. The van der Waals surface area contributed by atoms with Crippen LogP contribution < -0.4 is 0 Å². The summed E-state index contributed by atoms with van der Waals surface area (Å²) in [6.45, 7) is 0. The number of hydrogen-bond acceptors (Lipinski definition) is 4. The molecule has 2 aliphatic heterocycles. The minimum atomic E-state index is -1.24. The largest absolute Gasteiger partial charge is 0.476 e. The van der Waals surface area contributed by atoms with Crippen LogP contribution >= 0.6 is 0 Å². The normalized spacial score (nSPS) is 24.1. The molecule has 1 amide bonds. The van der Waals surface area contributed by atoms with E-state index in [0.29, 0.717) is 6.29 Å².